The lowest BCUT2D eigenvalue weighted by Gasteiger charge is -2.10. The van der Waals surface area contributed by atoms with Crippen molar-refractivity contribution in [2.24, 2.45) is 0 Å². The first-order valence-electron chi connectivity index (χ1n) is 5.61. The maximum atomic E-state index is 12.3. The van der Waals surface area contributed by atoms with Gasteiger partial charge in [0.15, 0.2) is 0 Å². The molecule has 0 radical (unpaired) electrons. The molecule has 3 N–H and O–H groups in total. The molecule has 0 spiro atoms. The zero-order chi connectivity index (χ0) is 15.6. The number of nitrogens with one attached hydrogen (secondary N) is 1. The maximum absolute atomic E-state index is 12.3. The average molecular weight is 387 g/mol. The van der Waals surface area contributed by atoms with Crippen molar-refractivity contribution in [3.05, 3.63) is 51.5 Å². The summed E-state index contributed by atoms with van der Waals surface area (Å²) in [4.78, 5) is 0.0172. The molecule has 108 valence electrons. The molecule has 0 aliphatic heterocycles. The van der Waals surface area contributed by atoms with Crippen molar-refractivity contribution in [2.45, 2.75) is 4.90 Å². The number of nitrogens with two attached hydrogens (primary N) is 1. The largest absolute Gasteiger partial charge is 0.398 e. The topological polar surface area (TPSA) is 96.0 Å². The number of nitrogen functional groups attached to an aromatic ring is 1. The Kier molecular flexibility index (Phi) is 4.42. The fourth-order valence-corrected chi connectivity index (χ4v) is 3.21. The highest BCUT2D eigenvalue weighted by atomic mass is 79.9. The van der Waals surface area contributed by atoms with E-state index in [0.717, 1.165) is 0 Å². The second kappa shape index (κ2) is 5.93. The van der Waals surface area contributed by atoms with Crippen LogP contribution in [0.3, 0.4) is 0 Å². The van der Waals surface area contributed by atoms with Crippen molar-refractivity contribution in [1.29, 1.82) is 5.26 Å². The third-order valence-corrected chi connectivity index (χ3v) is 5.02. The number of nitriles is 1. The SMILES string of the molecule is N#Cc1ccc(NS(=O)(=O)c2ccc(Br)c(N)c2)c(Cl)c1. The third-order valence-electron chi connectivity index (χ3n) is 2.62. The van der Waals surface area contributed by atoms with Gasteiger partial charge in [-0.3, -0.25) is 4.72 Å². The van der Waals surface area contributed by atoms with Gasteiger partial charge < -0.3 is 5.73 Å². The van der Waals surface area contributed by atoms with Crippen molar-refractivity contribution in [3.8, 4) is 6.07 Å². The molecule has 0 aliphatic carbocycles. The van der Waals surface area contributed by atoms with Crippen LogP contribution in [0, 0.1) is 11.3 Å². The molecule has 2 aromatic rings. The quantitative estimate of drug-likeness (QED) is 0.791. The van der Waals surface area contributed by atoms with Crippen LogP contribution in [-0.4, -0.2) is 8.42 Å². The Bertz CT molecular complexity index is 847. The van der Waals surface area contributed by atoms with E-state index in [2.05, 4.69) is 20.7 Å². The molecule has 0 saturated carbocycles. The van der Waals surface area contributed by atoms with E-state index in [1.165, 1.54) is 30.3 Å². The van der Waals surface area contributed by atoms with Gasteiger partial charge in [-0.15, -0.1) is 0 Å². The van der Waals surface area contributed by atoms with Crippen LogP contribution in [0.1, 0.15) is 5.56 Å². The minimum atomic E-state index is -3.81. The van der Waals surface area contributed by atoms with Crippen molar-refractivity contribution >= 4 is 48.9 Å². The predicted octanol–water partition coefficient (Wildman–Crippen LogP) is 3.36. The van der Waals surface area contributed by atoms with Gasteiger partial charge in [-0.1, -0.05) is 11.6 Å². The number of rotatable bonds is 3. The van der Waals surface area contributed by atoms with E-state index in [1.807, 2.05) is 6.07 Å². The highest BCUT2D eigenvalue weighted by molar-refractivity contribution is 9.10. The van der Waals surface area contributed by atoms with Gasteiger partial charge in [-0.2, -0.15) is 5.26 Å². The number of anilines is 2. The Labute approximate surface area is 135 Å². The molecule has 5 nitrogen and oxygen atoms in total. The number of sulfonamides is 1. The Hall–Kier alpha value is -1.75. The van der Waals surface area contributed by atoms with E-state index in [0.29, 0.717) is 15.7 Å². The van der Waals surface area contributed by atoms with Crippen LogP contribution in [0.25, 0.3) is 0 Å². The van der Waals surface area contributed by atoms with Gasteiger partial charge in [0.2, 0.25) is 0 Å². The van der Waals surface area contributed by atoms with Crippen molar-refractivity contribution in [3.63, 3.8) is 0 Å². The molecule has 21 heavy (non-hydrogen) atoms. The zero-order valence-corrected chi connectivity index (χ0v) is 13.6. The molecule has 0 aliphatic rings. The summed E-state index contributed by atoms with van der Waals surface area (Å²) in [5, 5.41) is 8.90. The normalized spacial score (nSPS) is 10.9. The fraction of sp³-hybridized carbons (Fsp3) is 0. The summed E-state index contributed by atoms with van der Waals surface area (Å²) < 4.78 is 27.5. The monoisotopic (exact) mass is 385 g/mol. The van der Waals surface area contributed by atoms with E-state index in [4.69, 9.17) is 22.6 Å². The van der Waals surface area contributed by atoms with Crippen LogP contribution >= 0.6 is 27.5 Å². The fourth-order valence-electron chi connectivity index (χ4n) is 1.56. The molecule has 2 aromatic carbocycles. The first kappa shape index (κ1) is 15.6. The summed E-state index contributed by atoms with van der Waals surface area (Å²) in [6.45, 7) is 0. The molecule has 0 bridgehead atoms. The van der Waals surface area contributed by atoms with Gasteiger partial charge in [0, 0.05) is 10.2 Å². The number of nitrogens with zero attached hydrogens (tertiary/aromatic N) is 1. The average Bonchev–Trinajstić information content (AvgIpc) is 2.43. The molecule has 0 atom stereocenters. The summed E-state index contributed by atoms with van der Waals surface area (Å²) in [5.41, 5.74) is 6.52. The van der Waals surface area contributed by atoms with Gasteiger partial charge in [-0.05, 0) is 52.3 Å². The smallest absolute Gasteiger partial charge is 0.262 e. The Balaban J connectivity index is 2.37. The Morgan fingerprint density at radius 2 is 1.95 bits per heavy atom. The lowest BCUT2D eigenvalue weighted by Crippen LogP contribution is -2.13. The second-order valence-electron chi connectivity index (χ2n) is 4.10. The van der Waals surface area contributed by atoms with Crippen LogP contribution in [0.15, 0.2) is 45.8 Å². The molecular weight excluding hydrogens is 378 g/mol. The molecule has 0 fully saturated rings. The second-order valence-corrected chi connectivity index (χ2v) is 7.04. The molecule has 8 heteroatoms. The lowest BCUT2D eigenvalue weighted by molar-refractivity contribution is 0.601. The first-order chi connectivity index (χ1) is 9.83. The van der Waals surface area contributed by atoms with E-state index >= 15 is 0 Å². The number of hydrogen-bond acceptors (Lipinski definition) is 4. The number of benzene rings is 2. The zero-order valence-electron chi connectivity index (χ0n) is 10.5. The minimum absolute atomic E-state index is 0.0172. The molecule has 0 aromatic heterocycles. The van der Waals surface area contributed by atoms with E-state index < -0.39 is 10.0 Å². The van der Waals surface area contributed by atoms with E-state index in [-0.39, 0.29) is 15.6 Å². The van der Waals surface area contributed by atoms with Crippen LogP contribution in [-0.2, 0) is 10.0 Å². The van der Waals surface area contributed by atoms with Gasteiger partial charge in [0.25, 0.3) is 10.0 Å². The summed E-state index contributed by atoms with van der Waals surface area (Å²) in [6, 6.07) is 10.5. The minimum Gasteiger partial charge on any atom is -0.398 e. The summed E-state index contributed by atoms with van der Waals surface area (Å²) in [6.07, 6.45) is 0. The highest BCUT2D eigenvalue weighted by Crippen LogP contribution is 2.27. The van der Waals surface area contributed by atoms with Gasteiger partial charge in [0.05, 0.1) is 27.2 Å². The molecule has 2 rings (SSSR count). The van der Waals surface area contributed by atoms with Crippen LogP contribution in [0.2, 0.25) is 5.02 Å². The summed E-state index contributed by atoms with van der Waals surface area (Å²) in [7, 11) is -3.81. The van der Waals surface area contributed by atoms with E-state index in [9.17, 15) is 8.42 Å². The van der Waals surface area contributed by atoms with Crippen LogP contribution < -0.4 is 10.5 Å². The van der Waals surface area contributed by atoms with Crippen LogP contribution in [0.5, 0.6) is 0 Å². The number of hydrogen-bond donors (Lipinski definition) is 2. The van der Waals surface area contributed by atoms with Crippen LogP contribution in [0.4, 0.5) is 11.4 Å². The molecule has 0 heterocycles. The lowest BCUT2D eigenvalue weighted by atomic mass is 10.2. The van der Waals surface area contributed by atoms with Crippen molar-refractivity contribution in [1.82, 2.24) is 0 Å². The van der Waals surface area contributed by atoms with E-state index in [1.54, 1.807) is 6.07 Å². The highest BCUT2D eigenvalue weighted by Gasteiger charge is 2.17. The van der Waals surface area contributed by atoms with Crippen molar-refractivity contribution in [2.75, 3.05) is 10.5 Å². The summed E-state index contributed by atoms with van der Waals surface area (Å²) >= 11 is 9.15. The third kappa shape index (κ3) is 3.47. The molecule has 0 unspecified atom stereocenters. The van der Waals surface area contributed by atoms with Crippen molar-refractivity contribution < 1.29 is 8.42 Å². The summed E-state index contributed by atoms with van der Waals surface area (Å²) in [5.74, 6) is 0. The Morgan fingerprint density at radius 1 is 1.24 bits per heavy atom. The number of halogens is 2. The maximum Gasteiger partial charge on any atom is 0.262 e. The first-order valence-corrected chi connectivity index (χ1v) is 8.26. The van der Waals surface area contributed by atoms with Gasteiger partial charge >= 0.3 is 0 Å². The molecular formula is C13H9BrClN3O2S. The molecule has 0 saturated heterocycles. The Morgan fingerprint density at radius 3 is 2.52 bits per heavy atom. The molecule has 0 amide bonds. The van der Waals surface area contributed by atoms with Gasteiger partial charge in [-0.25, -0.2) is 8.42 Å². The standard InChI is InChI=1S/C13H9BrClN3O2S/c14-10-3-2-9(6-12(10)17)21(19,20)18-13-4-1-8(7-16)5-11(13)15/h1-6,18H,17H2. The van der Waals surface area contributed by atoms with Gasteiger partial charge in [0.1, 0.15) is 0 Å². The predicted molar refractivity (Wildman–Crippen MR) is 85.5 cm³/mol.